The Balaban J connectivity index is 1.62. The molecule has 0 aliphatic carbocycles. The number of para-hydroxylation sites is 1. The fraction of sp³-hybridized carbons (Fsp3) is 0.273. The minimum Gasteiger partial charge on any atom is -0.321 e. The first-order valence-corrected chi connectivity index (χ1v) is 11.9. The van der Waals surface area contributed by atoms with Gasteiger partial charge in [0.15, 0.2) is 0 Å². The molecule has 0 spiro atoms. The third-order valence-corrected chi connectivity index (χ3v) is 7.57. The van der Waals surface area contributed by atoms with Crippen molar-refractivity contribution in [2.45, 2.75) is 31.1 Å². The van der Waals surface area contributed by atoms with Gasteiger partial charge >= 0.3 is 0 Å². The molecule has 2 heterocycles. The molecule has 3 aromatic rings. The van der Waals surface area contributed by atoms with Crippen molar-refractivity contribution >= 4 is 33.2 Å². The van der Waals surface area contributed by atoms with E-state index in [-0.39, 0.29) is 10.6 Å². The van der Waals surface area contributed by atoms with Crippen LogP contribution in [0.1, 0.15) is 35.3 Å². The van der Waals surface area contributed by atoms with Crippen LogP contribution in [0.5, 0.6) is 0 Å². The number of rotatable bonds is 5. The molecular formula is C22H23ClN4O3S. The smallest absolute Gasteiger partial charge is 0.259 e. The summed E-state index contributed by atoms with van der Waals surface area (Å²) < 4.78 is 29.4. The van der Waals surface area contributed by atoms with Crippen molar-refractivity contribution in [1.29, 1.82) is 0 Å². The van der Waals surface area contributed by atoms with Crippen molar-refractivity contribution in [1.82, 2.24) is 14.1 Å². The molecule has 1 fully saturated rings. The lowest BCUT2D eigenvalue weighted by atomic mass is 10.2. The Morgan fingerprint density at radius 1 is 1.06 bits per heavy atom. The molecule has 1 aliphatic heterocycles. The molecule has 1 aromatic heterocycles. The number of hydrogen-bond acceptors (Lipinski definition) is 4. The Morgan fingerprint density at radius 3 is 2.55 bits per heavy atom. The van der Waals surface area contributed by atoms with Crippen LogP contribution in [0.3, 0.4) is 0 Å². The maximum absolute atomic E-state index is 13.2. The van der Waals surface area contributed by atoms with E-state index in [1.165, 1.54) is 16.6 Å². The molecule has 0 radical (unpaired) electrons. The predicted octanol–water partition coefficient (Wildman–Crippen LogP) is 4.26. The number of aromatic nitrogens is 2. The zero-order chi connectivity index (χ0) is 22.0. The second-order valence-electron chi connectivity index (χ2n) is 7.45. The molecule has 9 heteroatoms. The number of piperidine rings is 1. The SMILES string of the molecule is Cc1c(C(=O)Nc2ccccc2S(=O)(=O)N2CCCCC2)cnn1-c1cccc(Cl)c1. The van der Waals surface area contributed by atoms with Gasteiger partial charge in [0.05, 0.1) is 28.8 Å². The van der Waals surface area contributed by atoms with Crippen molar-refractivity contribution < 1.29 is 13.2 Å². The Bertz CT molecular complexity index is 1220. The molecule has 0 bridgehead atoms. The highest BCUT2D eigenvalue weighted by Gasteiger charge is 2.29. The number of nitrogens with one attached hydrogen (secondary N) is 1. The van der Waals surface area contributed by atoms with E-state index in [2.05, 4.69) is 10.4 Å². The molecule has 7 nitrogen and oxygen atoms in total. The lowest BCUT2D eigenvalue weighted by Crippen LogP contribution is -2.36. The summed E-state index contributed by atoms with van der Waals surface area (Å²) in [6, 6.07) is 13.7. The summed E-state index contributed by atoms with van der Waals surface area (Å²) in [5.74, 6) is -0.424. The number of nitrogens with zero attached hydrogens (tertiary/aromatic N) is 3. The van der Waals surface area contributed by atoms with Crippen LogP contribution in [0.4, 0.5) is 5.69 Å². The monoisotopic (exact) mass is 458 g/mol. The molecule has 0 atom stereocenters. The van der Waals surface area contributed by atoms with Crippen LogP contribution in [0.15, 0.2) is 59.6 Å². The van der Waals surface area contributed by atoms with Crippen molar-refractivity contribution in [3.8, 4) is 5.69 Å². The number of amides is 1. The van der Waals surface area contributed by atoms with Gasteiger partial charge in [-0.1, -0.05) is 36.2 Å². The maximum atomic E-state index is 13.2. The fourth-order valence-electron chi connectivity index (χ4n) is 3.73. The van der Waals surface area contributed by atoms with Crippen LogP contribution in [0, 0.1) is 6.92 Å². The van der Waals surface area contributed by atoms with Crippen LogP contribution >= 0.6 is 11.6 Å². The van der Waals surface area contributed by atoms with E-state index in [9.17, 15) is 13.2 Å². The van der Waals surface area contributed by atoms with Crippen molar-refractivity contribution in [2.24, 2.45) is 0 Å². The summed E-state index contributed by atoms with van der Waals surface area (Å²) >= 11 is 6.07. The average molecular weight is 459 g/mol. The van der Waals surface area contributed by atoms with E-state index in [1.54, 1.807) is 48.0 Å². The minimum atomic E-state index is -3.69. The highest BCUT2D eigenvalue weighted by molar-refractivity contribution is 7.89. The topological polar surface area (TPSA) is 84.3 Å². The summed E-state index contributed by atoms with van der Waals surface area (Å²) in [7, 11) is -3.69. The Kier molecular flexibility index (Phi) is 6.13. The molecule has 0 saturated carbocycles. The number of anilines is 1. The largest absolute Gasteiger partial charge is 0.321 e. The van der Waals surface area contributed by atoms with Gasteiger partial charge in [0.2, 0.25) is 10.0 Å². The van der Waals surface area contributed by atoms with Gasteiger partial charge in [0.1, 0.15) is 4.90 Å². The standard InChI is InChI=1S/C22H23ClN4O3S/c1-16-19(15-24-27(16)18-9-7-8-17(23)14-18)22(28)25-20-10-3-4-11-21(20)31(29,30)26-12-5-2-6-13-26/h3-4,7-11,14-15H,2,5-6,12-13H2,1H3,(H,25,28). The third-order valence-electron chi connectivity index (χ3n) is 5.38. The second kappa shape index (κ2) is 8.82. The van der Waals surface area contributed by atoms with Crippen molar-refractivity contribution in [3.05, 3.63) is 71.0 Å². The Morgan fingerprint density at radius 2 is 1.81 bits per heavy atom. The Labute approximate surface area is 186 Å². The van der Waals surface area contributed by atoms with Gasteiger partial charge in [-0.3, -0.25) is 4.79 Å². The second-order valence-corrected chi connectivity index (χ2v) is 9.79. The molecule has 2 aromatic carbocycles. The highest BCUT2D eigenvalue weighted by atomic mass is 35.5. The summed E-state index contributed by atoms with van der Waals surface area (Å²) in [4.78, 5) is 13.1. The molecule has 31 heavy (non-hydrogen) atoms. The molecule has 1 N–H and O–H groups in total. The molecule has 1 aliphatic rings. The normalized spacial score (nSPS) is 15.0. The van der Waals surface area contributed by atoms with Crippen LogP contribution in [0.25, 0.3) is 5.69 Å². The van der Waals surface area contributed by atoms with E-state index in [0.29, 0.717) is 29.4 Å². The molecule has 4 rings (SSSR count). The first-order valence-electron chi connectivity index (χ1n) is 10.1. The van der Waals surface area contributed by atoms with E-state index < -0.39 is 15.9 Å². The summed E-state index contributed by atoms with van der Waals surface area (Å²) in [5.41, 5.74) is 1.96. The minimum absolute atomic E-state index is 0.102. The molecule has 0 unspecified atom stereocenters. The summed E-state index contributed by atoms with van der Waals surface area (Å²) in [5, 5.41) is 7.64. The van der Waals surface area contributed by atoms with Crippen LogP contribution < -0.4 is 5.32 Å². The zero-order valence-electron chi connectivity index (χ0n) is 17.1. The summed E-state index contributed by atoms with van der Waals surface area (Å²) in [6.07, 6.45) is 4.18. The van der Waals surface area contributed by atoms with Gasteiger partial charge in [-0.15, -0.1) is 0 Å². The maximum Gasteiger partial charge on any atom is 0.259 e. The fourth-order valence-corrected chi connectivity index (χ4v) is 5.58. The predicted molar refractivity (Wildman–Crippen MR) is 120 cm³/mol. The molecule has 1 amide bonds. The van der Waals surface area contributed by atoms with Crippen molar-refractivity contribution in [3.63, 3.8) is 0 Å². The van der Waals surface area contributed by atoms with Gasteiger partial charge in [-0.05, 0) is 50.1 Å². The third kappa shape index (κ3) is 4.37. The summed E-state index contributed by atoms with van der Waals surface area (Å²) in [6.45, 7) is 2.77. The molecule has 1 saturated heterocycles. The van der Waals surface area contributed by atoms with E-state index >= 15 is 0 Å². The lowest BCUT2D eigenvalue weighted by molar-refractivity contribution is 0.102. The van der Waals surface area contributed by atoms with Crippen LogP contribution in [-0.2, 0) is 10.0 Å². The number of carbonyl (C=O) groups excluding carboxylic acids is 1. The molecule has 162 valence electrons. The van der Waals surface area contributed by atoms with Gasteiger partial charge in [-0.2, -0.15) is 9.40 Å². The number of carbonyl (C=O) groups is 1. The van der Waals surface area contributed by atoms with Crippen LogP contribution in [0.2, 0.25) is 5.02 Å². The average Bonchev–Trinajstić information content (AvgIpc) is 3.16. The Hall–Kier alpha value is -2.68. The van der Waals surface area contributed by atoms with Gasteiger partial charge < -0.3 is 5.32 Å². The van der Waals surface area contributed by atoms with Gasteiger partial charge in [0.25, 0.3) is 5.91 Å². The number of halogens is 1. The number of sulfonamides is 1. The van der Waals surface area contributed by atoms with Crippen LogP contribution in [-0.4, -0.2) is 41.5 Å². The number of benzene rings is 2. The van der Waals surface area contributed by atoms with E-state index in [4.69, 9.17) is 11.6 Å². The molecular weight excluding hydrogens is 436 g/mol. The quantitative estimate of drug-likeness (QED) is 0.619. The highest BCUT2D eigenvalue weighted by Crippen LogP contribution is 2.27. The van der Waals surface area contributed by atoms with E-state index in [1.807, 2.05) is 6.07 Å². The lowest BCUT2D eigenvalue weighted by Gasteiger charge is -2.26. The zero-order valence-corrected chi connectivity index (χ0v) is 18.7. The van der Waals surface area contributed by atoms with Gasteiger partial charge in [0, 0.05) is 18.1 Å². The first-order chi connectivity index (χ1) is 14.9. The van der Waals surface area contributed by atoms with E-state index in [0.717, 1.165) is 24.9 Å². The first kappa shape index (κ1) is 21.5. The van der Waals surface area contributed by atoms with Gasteiger partial charge in [-0.25, -0.2) is 13.1 Å². The van der Waals surface area contributed by atoms with Crippen molar-refractivity contribution in [2.75, 3.05) is 18.4 Å². The number of hydrogen-bond donors (Lipinski definition) is 1.